The number of nitriles is 1. The molecule has 1 N–H and O–H groups in total. The van der Waals surface area contributed by atoms with Crippen LogP contribution in [-0.4, -0.2) is 15.7 Å². The SMILES string of the molecule is N#Cc1ccccc1NC(=O)CCCn1cccn1. The predicted octanol–water partition coefficient (Wildman–Crippen LogP) is 2.17. The molecule has 0 atom stereocenters. The van der Waals surface area contributed by atoms with Gasteiger partial charge in [0.25, 0.3) is 0 Å². The van der Waals surface area contributed by atoms with Gasteiger partial charge < -0.3 is 5.32 Å². The van der Waals surface area contributed by atoms with Gasteiger partial charge >= 0.3 is 0 Å². The molecule has 2 rings (SSSR count). The Kier molecular flexibility index (Phi) is 4.29. The smallest absolute Gasteiger partial charge is 0.224 e. The van der Waals surface area contributed by atoms with Crippen molar-refractivity contribution in [3.63, 3.8) is 0 Å². The number of carbonyl (C=O) groups is 1. The molecule has 0 aliphatic carbocycles. The summed E-state index contributed by atoms with van der Waals surface area (Å²) in [6.07, 6.45) is 4.69. The number of benzene rings is 1. The van der Waals surface area contributed by atoms with Crippen LogP contribution in [0.2, 0.25) is 0 Å². The molecule has 0 fully saturated rings. The standard InChI is InChI=1S/C14H14N4O/c15-11-12-5-1-2-6-13(12)17-14(19)7-3-9-18-10-4-8-16-18/h1-2,4-6,8,10H,3,7,9H2,(H,17,19). The molecule has 1 aromatic carbocycles. The van der Waals surface area contributed by atoms with E-state index in [1.54, 1.807) is 35.1 Å². The van der Waals surface area contributed by atoms with E-state index in [0.29, 0.717) is 30.6 Å². The molecule has 1 aromatic heterocycles. The Labute approximate surface area is 111 Å². The van der Waals surface area contributed by atoms with Crippen molar-refractivity contribution in [3.8, 4) is 6.07 Å². The second kappa shape index (κ2) is 6.36. The molecule has 5 heteroatoms. The fourth-order valence-corrected chi connectivity index (χ4v) is 1.74. The van der Waals surface area contributed by atoms with Crippen LogP contribution in [0, 0.1) is 11.3 Å². The number of nitrogens with zero attached hydrogens (tertiary/aromatic N) is 3. The Morgan fingerprint density at radius 1 is 1.37 bits per heavy atom. The number of para-hydroxylation sites is 1. The van der Waals surface area contributed by atoms with E-state index in [9.17, 15) is 4.79 Å². The normalized spacial score (nSPS) is 9.84. The molecule has 1 amide bonds. The van der Waals surface area contributed by atoms with Crippen LogP contribution in [0.5, 0.6) is 0 Å². The fraction of sp³-hybridized carbons (Fsp3) is 0.214. The maximum absolute atomic E-state index is 11.8. The third-order valence-electron chi connectivity index (χ3n) is 2.67. The monoisotopic (exact) mass is 254 g/mol. The molecule has 0 aliphatic heterocycles. The number of anilines is 1. The maximum atomic E-state index is 11.8. The minimum Gasteiger partial charge on any atom is -0.325 e. The predicted molar refractivity (Wildman–Crippen MR) is 71.2 cm³/mol. The number of aryl methyl sites for hydroxylation is 1. The highest BCUT2D eigenvalue weighted by atomic mass is 16.1. The summed E-state index contributed by atoms with van der Waals surface area (Å²) in [7, 11) is 0. The van der Waals surface area contributed by atoms with Crippen LogP contribution in [0.1, 0.15) is 18.4 Å². The van der Waals surface area contributed by atoms with E-state index < -0.39 is 0 Å². The average molecular weight is 254 g/mol. The molecule has 0 saturated carbocycles. The van der Waals surface area contributed by atoms with E-state index in [0.717, 1.165) is 0 Å². The number of hydrogen-bond donors (Lipinski definition) is 1. The van der Waals surface area contributed by atoms with E-state index in [1.807, 2.05) is 12.3 Å². The van der Waals surface area contributed by atoms with Crippen LogP contribution in [0.4, 0.5) is 5.69 Å². The van der Waals surface area contributed by atoms with Crippen molar-refractivity contribution in [2.45, 2.75) is 19.4 Å². The zero-order valence-corrected chi connectivity index (χ0v) is 10.4. The van der Waals surface area contributed by atoms with Gasteiger partial charge in [-0.15, -0.1) is 0 Å². The summed E-state index contributed by atoms with van der Waals surface area (Å²) in [5, 5.41) is 15.7. The quantitative estimate of drug-likeness (QED) is 0.888. The first-order chi connectivity index (χ1) is 9.29. The summed E-state index contributed by atoms with van der Waals surface area (Å²) >= 11 is 0. The Hall–Kier alpha value is -2.61. The molecule has 0 radical (unpaired) electrons. The molecule has 96 valence electrons. The first-order valence-electron chi connectivity index (χ1n) is 6.06. The van der Waals surface area contributed by atoms with E-state index in [2.05, 4.69) is 16.5 Å². The number of amides is 1. The van der Waals surface area contributed by atoms with E-state index >= 15 is 0 Å². The van der Waals surface area contributed by atoms with Crippen molar-refractivity contribution in [1.82, 2.24) is 9.78 Å². The van der Waals surface area contributed by atoms with Crippen LogP contribution < -0.4 is 5.32 Å². The lowest BCUT2D eigenvalue weighted by molar-refractivity contribution is -0.116. The van der Waals surface area contributed by atoms with E-state index in [-0.39, 0.29) is 5.91 Å². The first kappa shape index (κ1) is 12.8. The molecule has 2 aromatic rings. The van der Waals surface area contributed by atoms with Gasteiger partial charge in [-0.25, -0.2) is 0 Å². The zero-order chi connectivity index (χ0) is 13.5. The largest absolute Gasteiger partial charge is 0.325 e. The van der Waals surface area contributed by atoms with Crippen LogP contribution in [0.3, 0.4) is 0 Å². The molecular weight excluding hydrogens is 240 g/mol. The number of carbonyl (C=O) groups excluding carboxylic acids is 1. The average Bonchev–Trinajstić information content (AvgIpc) is 2.92. The second-order valence-corrected chi connectivity index (χ2v) is 4.08. The molecule has 0 aliphatic rings. The number of aromatic nitrogens is 2. The van der Waals surface area contributed by atoms with Gasteiger partial charge in [0.15, 0.2) is 0 Å². The van der Waals surface area contributed by atoms with Gasteiger partial charge in [0.1, 0.15) is 6.07 Å². The maximum Gasteiger partial charge on any atom is 0.224 e. The molecule has 1 heterocycles. The van der Waals surface area contributed by atoms with E-state index in [4.69, 9.17) is 5.26 Å². The summed E-state index contributed by atoms with van der Waals surface area (Å²) in [4.78, 5) is 11.8. The highest BCUT2D eigenvalue weighted by Gasteiger charge is 2.05. The Morgan fingerprint density at radius 2 is 2.21 bits per heavy atom. The number of hydrogen-bond acceptors (Lipinski definition) is 3. The Bertz CT molecular complexity index is 584. The Balaban J connectivity index is 1.83. The number of nitrogens with one attached hydrogen (secondary N) is 1. The minimum atomic E-state index is -0.0881. The van der Waals surface area contributed by atoms with Crippen molar-refractivity contribution < 1.29 is 4.79 Å². The topological polar surface area (TPSA) is 70.7 Å². The van der Waals surface area contributed by atoms with Crippen molar-refractivity contribution >= 4 is 11.6 Å². The van der Waals surface area contributed by atoms with Crippen LogP contribution >= 0.6 is 0 Å². The summed E-state index contributed by atoms with van der Waals surface area (Å²) in [6.45, 7) is 0.709. The van der Waals surface area contributed by atoms with Crippen LogP contribution in [-0.2, 0) is 11.3 Å². The molecule has 19 heavy (non-hydrogen) atoms. The summed E-state index contributed by atoms with van der Waals surface area (Å²) in [6, 6.07) is 10.9. The lowest BCUT2D eigenvalue weighted by atomic mass is 10.2. The first-order valence-corrected chi connectivity index (χ1v) is 6.06. The third-order valence-corrected chi connectivity index (χ3v) is 2.67. The van der Waals surface area contributed by atoms with E-state index in [1.165, 1.54) is 0 Å². The highest BCUT2D eigenvalue weighted by Crippen LogP contribution is 2.13. The minimum absolute atomic E-state index is 0.0881. The Morgan fingerprint density at radius 3 is 2.95 bits per heavy atom. The molecular formula is C14H14N4O. The third kappa shape index (κ3) is 3.68. The van der Waals surface area contributed by atoms with Gasteiger partial charge in [0, 0.05) is 25.4 Å². The lowest BCUT2D eigenvalue weighted by Crippen LogP contribution is -2.13. The summed E-state index contributed by atoms with van der Waals surface area (Å²) < 4.78 is 1.79. The van der Waals surface area contributed by atoms with Gasteiger partial charge in [0.2, 0.25) is 5.91 Å². The van der Waals surface area contributed by atoms with Crippen LogP contribution in [0.15, 0.2) is 42.7 Å². The van der Waals surface area contributed by atoms with Gasteiger partial charge in [-0.3, -0.25) is 9.48 Å². The van der Waals surface area contributed by atoms with Gasteiger partial charge in [0.05, 0.1) is 11.3 Å². The van der Waals surface area contributed by atoms with Crippen molar-refractivity contribution in [3.05, 3.63) is 48.3 Å². The van der Waals surface area contributed by atoms with Crippen LogP contribution in [0.25, 0.3) is 0 Å². The highest BCUT2D eigenvalue weighted by molar-refractivity contribution is 5.92. The zero-order valence-electron chi connectivity index (χ0n) is 10.4. The summed E-state index contributed by atoms with van der Waals surface area (Å²) in [5.74, 6) is -0.0881. The van der Waals surface area contributed by atoms with Crippen molar-refractivity contribution in [2.24, 2.45) is 0 Å². The lowest BCUT2D eigenvalue weighted by Gasteiger charge is -2.06. The van der Waals surface area contributed by atoms with Gasteiger partial charge in [-0.05, 0) is 24.6 Å². The second-order valence-electron chi connectivity index (χ2n) is 4.08. The molecule has 0 saturated heterocycles. The molecule has 0 spiro atoms. The van der Waals surface area contributed by atoms with Crippen molar-refractivity contribution in [1.29, 1.82) is 5.26 Å². The van der Waals surface area contributed by atoms with Crippen molar-refractivity contribution in [2.75, 3.05) is 5.32 Å². The molecule has 5 nitrogen and oxygen atoms in total. The number of rotatable bonds is 5. The molecule has 0 unspecified atom stereocenters. The van der Waals surface area contributed by atoms with Gasteiger partial charge in [-0.1, -0.05) is 12.1 Å². The summed E-state index contributed by atoms with van der Waals surface area (Å²) in [5.41, 5.74) is 1.04. The van der Waals surface area contributed by atoms with Gasteiger partial charge in [-0.2, -0.15) is 10.4 Å². The fourth-order valence-electron chi connectivity index (χ4n) is 1.74. The molecule has 0 bridgehead atoms.